The van der Waals surface area contributed by atoms with Crippen LogP contribution in [-0.2, 0) is 19.6 Å². The lowest BCUT2D eigenvalue weighted by Crippen LogP contribution is -2.40. The van der Waals surface area contributed by atoms with Gasteiger partial charge in [0.05, 0.1) is 13.7 Å². The first-order valence-electron chi connectivity index (χ1n) is 10.2. The maximum absolute atomic E-state index is 10.3. The molecule has 8 heteroatoms. The number of thioether (sulfide) groups is 1. The number of nitrogens with one attached hydrogen (secondary N) is 1. The van der Waals surface area contributed by atoms with Crippen LogP contribution >= 0.6 is 11.8 Å². The number of aliphatic hydroxyl groups excluding tert-OH is 1. The predicted molar refractivity (Wildman–Crippen MR) is 117 cm³/mol. The van der Waals surface area contributed by atoms with Gasteiger partial charge in [0.15, 0.2) is 11.5 Å². The van der Waals surface area contributed by atoms with E-state index in [4.69, 9.17) is 9.47 Å². The summed E-state index contributed by atoms with van der Waals surface area (Å²) >= 11 is 1.97. The van der Waals surface area contributed by atoms with Gasteiger partial charge in [-0.1, -0.05) is 6.07 Å². The van der Waals surface area contributed by atoms with E-state index in [9.17, 15) is 5.11 Å². The number of aromatic nitrogens is 2. The molecule has 1 aromatic heterocycles. The van der Waals surface area contributed by atoms with E-state index in [0.29, 0.717) is 31.1 Å². The van der Waals surface area contributed by atoms with Gasteiger partial charge in [0.1, 0.15) is 18.5 Å². The summed E-state index contributed by atoms with van der Waals surface area (Å²) in [6.45, 7) is 7.42. The van der Waals surface area contributed by atoms with Crippen LogP contribution in [0.3, 0.4) is 0 Å². The molecule has 1 aliphatic rings. The van der Waals surface area contributed by atoms with E-state index in [1.54, 1.807) is 7.11 Å². The predicted octanol–water partition coefficient (Wildman–Crippen LogP) is 1.99. The van der Waals surface area contributed by atoms with Crippen LogP contribution in [0.4, 0.5) is 0 Å². The number of aryl methyl sites for hydroxylation is 1. The number of ether oxygens (including phenoxy) is 2. The van der Waals surface area contributed by atoms with Crippen LogP contribution < -0.4 is 14.8 Å². The fourth-order valence-corrected chi connectivity index (χ4v) is 4.35. The topological polar surface area (TPSA) is 71.8 Å². The molecule has 3 rings (SSSR count). The number of hydrogen-bond acceptors (Lipinski definition) is 7. The molecule has 2 N–H and O–H groups in total. The van der Waals surface area contributed by atoms with E-state index < -0.39 is 6.10 Å². The Labute approximate surface area is 177 Å². The van der Waals surface area contributed by atoms with Crippen molar-refractivity contribution in [2.75, 3.05) is 44.9 Å². The van der Waals surface area contributed by atoms with Gasteiger partial charge in [-0.25, -0.2) is 4.98 Å². The lowest BCUT2D eigenvalue weighted by Gasteiger charge is -2.28. The van der Waals surface area contributed by atoms with E-state index in [-0.39, 0.29) is 6.61 Å². The SMILES string of the molecule is CCn1ccnc1CNCc1ccc(OCC(O)CN2CCSCC2)c(OC)c1. The summed E-state index contributed by atoms with van der Waals surface area (Å²) in [5, 5.41) is 13.7. The lowest BCUT2D eigenvalue weighted by molar-refractivity contribution is 0.0705. The van der Waals surface area contributed by atoms with Crippen molar-refractivity contribution in [3.63, 3.8) is 0 Å². The van der Waals surface area contributed by atoms with Crippen LogP contribution in [0.5, 0.6) is 11.5 Å². The van der Waals surface area contributed by atoms with E-state index >= 15 is 0 Å². The molecule has 0 amide bonds. The van der Waals surface area contributed by atoms with Gasteiger partial charge >= 0.3 is 0 Å². The molecule has 160 valence electrons. The fraction of sp³-hybridized carbons (Fsp3) is 0.571. The number of methoxy groups -OCH3 is 1. The molecular formula is C21H32N4O3S. The van der Waals surface area contributed by atoms with Crippen molar-refractivity contribution in [1.82, 2.24) is 19.8 Å². The summed E-state index contributed by atoms with van der Waals surface area (Å²) < 4.78 is 13.5. The molecule has 0 radical (unpaired) electrons. The molecule has 1 aliphatic heterocycles. The third kappa shape index (κ3) is 6.64. The van der Waals surface area contributed by atoms with Crippen molar-refractivity contribution in [1.29, 1.82) is 0 Å². The Balaban J connectivity index is 1.47. The minimum absolute atomic E-state index is 0.261. The smallest absolute Gasteiger partial charge is 0.161 e. The van der Waals surface area contributed by atoms with Crippen molar-refractivity contribution < 1.29 is 14.6 Å². The minimum Gasteiger partial charge on any atom is -0.493 e. The quantitative estimate of drug-likeness (QED) is 0.576. The number of nitrogens with zero attached hydrogens (tertiary/aromatic N) is 3. The Kier molecular flexibility index (Phi) is 8.67. The summed E-state index contributed by atoms with van der Waals surface area (Å²) in [4.78, 5) is 6.67. The zero-order valence-electron chi connectivity index (χ0n) is 17.3. The molecule has 0 saturated carbocycles. The highest BCUT2D eigenvalue weighted by Gasteiger charge is 2.16. The standard InChI is InChI=1S/C21H32N4O3S/c1-3-25-7-6-23-21(25)14-22-13-17-4-5-19(20(12-17)27-2)28-16-18(26)15-24-8-10-29-11-9-24/h4-7,12,18,22,26H,3,8-11,13-16H2,1-2H3. The molecule has 1 unspecified atom stereocenters. The number of benzene rings is 1. The summed E-state index contributed by atoms with van der Waals surface area (Å²) in [5.41, 5.74) is 1.11. The van der Waals surface area contributed by atoms with Crippen LogP contribution in [0.25, 0.3) is 0 Å². The second-order valence-electron chi connectivity index (χ2n) is 7.10. The maximum atomic E-state index is 10.3. The molecule has 2 aromatic rings. The third-order valence-corrected chi connectivity index (χ3v) is 5.93. The van der Waals surface area contributed by atoms with Crippen LogP contribution in [-0.4, -0.2) is 70.5 Å². The number of hydrogen-bond donors (Lipinski definition) is 2. The highest BCUT2D eigenvalue weighted by molar-refractivity contribution is 7.99. The molecular weight excluding hydrogens is 388 g/mol. The van der Waals surface area contributed by atoms with Crippen LogP contribution in [0.2, 0.25) is 0 Å². The molecule has 2 heterocycles. The zero-order chi connectivity index (χ0) is 20.5. The Morgan fingerprint density at radius 3 is 2.83 bits per heavy atom. The molecule has 29 heavy (non-hydrogen) atoms. The first kappa shape index (κ1) is 22.0. The van der Waals surface area contributed by atoms with Crippen molar-refractivity contribution in [2.45, 2.75) is 32.7 Å². The molecule has 0 spiro atoms. The van der Waals surface area contributed by atoms with Gasteiger partial charge in [-0.2, -0.15) is 11.8 Å². The fourth-order valence-electron chi connectivity index (χ4n) is 3.38. The zero-order valence-corrected chi connectivity index (χ0v) is 18.2. The monoisotopic (exact) mass is 420 g/mol. The first-order chi connectivity index (χ1) is 14.2. The van der Waals surface area contributed by atoms with E-state index in [0.717, 1.165) is 42.5 Å². The van der Waals surface area contributed by atoms with Gasteiger partial charge in [0, 0.05) is 56.6 Å². The normalized spacial score (nSPS) is 16.0. The molecule has 7 nitrogen and oxygen atoms in total. The average molecular weight is 421 g/mol. The number of β-amino-alcohol motifs (C(OH)–C–C–N with tert-alkyl or cyclic N) is 1. The summed E-state index contributed by atoms with van der Waals surface area (Å²) in [6, 6.07) is 5.90. The molecule has 1 saturated heterocycles. The van der Waals surface area contributed by atoms with Crippen LogP contribution in [0, 0.1) is 0 Å². The van der Waals surface area contributed by atoms with Gasteiger partial charge < -0.3 is 24.5 Å². The van der Waals surface area contributed by atoms with Gasteiger partial charge in [-0.3, -0.25) is 4.90 Å². The van der Waals surface area contributed by atoms with Gasteiger partial charge in [-0.05, 0) is 24.6 Å². The molecule has 1 atom stereocenters. The molecule has 1 aromatic carbocycles. The Bertz CT molecular complexity index is 749. The largest absolute Gasteiger partial charge is 0.493 e. The Morgan fingerprint density at radius 1 is 1.24 bits per heavy atom. The van der Waals surface area contributed by atoms with Gasteiger partial charge in [-0.15, -0.1) is 0 Å². The third-order valence-electron chi connectivity index (χ3n) is 4.99. The maximum Gasteiger partial charge on any atom is 0.161 e. The number of aliphatic hydroxyl groups is 1. The summed E-state index contributed by atoms with van der Waals surface area (Å²) in [5.74, 6) is 4.64. The number of imidazole rings is 1. The summed E-state index contributed by atoms with van der Waals surface area (Å²) in [6.07, 6.45) is 3.31. The summed E-state index contributed by atoms with van der Waals surface area (Å²) in [7, 11) is 1.64. The van der Waals surface area contributed by atoms with E-state index in [2.05, 4.69) is 26.7 Å². The van der Waals surface area contributed by atoms with Crippen molar-refractivity contribution in [3.8, 4) is 11.5 Å². The van der Waals surface area contributed by atoms with Gasteiger partial charge in [0.2, 0.25) is 0 Å². The minimum atomic E-state index is -0.508. The highest BCUT2D eigenvalue weighted by atomic mass is 32.2. The van der Waals surface area contributed by atoms with Crippen LogP contribution in [0.15, 0.2) is 30.6 Å². The van der Waals surface area contributed by atoms with E-state index in [1.165, 1.54) is 0 Å². The first-order valence-corrected chi connectivity index (χ1v) is 11.3. The van der Waals surface area contributed by atoms with Crippen LogP contribution in [0.1, 0.15) is 18.3 Å². The van der Waals surface area contributed by atoms with Gasteiger partial charge in [0.25, 0.3) is 0 Å². The van der Waals surface area contributed by atoms with Crippen molar-refractivity contribution in [3.05, 3.63) is 42.0 Å². The second kappa shape index (κ2) is 11.4. The molecule has 0 aliphatic carbocycles. The average Bonchev–Trinajstić information content (AvgIpc) is 3.21. The lowest BCUT2D eigenvalue weighted by atomic mass is 10.2. The number of rotatable bonds is 11. The Hall–Kier alpha value is -1.74. The Morgan fingerprint density at radius 2 is 2.07 bits per heavy atom. The van der Waals surface area contributed by atoms with E-state index in [1.807, 2.05) is 42.4 Å². The highest BCUT2D eigenvalue weighted by Crippen LogP contribution is 2.28. The molecule has 0 bridgehead atoms. The van der Waals surface area contributed by atoms with Crippen molar-refractivity contribution in [2.24, 2.45) is 0 Å². The second-order valence-corrected chi connectivity index (χ2v) is 8.32. The van der Waals surface area contributed by atoms with Crippen molar-refractivity contribution >= 4 is 11.8 Å². The molecule has 1 fully saturated rings.